The first-order valence-corrected chi connectivity index (χ1v) is 5.61. The Balaban J connectivity index is 2.76. The van der Waals surface area contributed by atoms with E-state index in [0.29, 0.717) is 12.3 Å². The molecule has 0 aliphatic carbocycles. The summed E-state index contributed by atoms with van der Waals surface area (Å²) >= 11 is 5.59. The van der Waals surface area contributed by atoms with Crippen molar-refractivity contribution in [1.82, 2.24) is 0 Å². The number of rotatable bonds is 5. The number of hydrogen-bond donors (Lipinski definition) is 1. The molecule has 0 saturated carbocycles. The van der Waals surface area contributed by atoms with E-state index < -0.39 is 6.10 Å². The molecule has 0 aliphatic rings. The van der Waals surface area contributed by atoms with Crippen LogP contribution in [-0.2, 0) is 0 Å². The van der Waals surface area contributed by atoms with Gasteiger partial charge >= 0.3 is 0 Å². The first-order chi connectivity index (χ1) is 7.19. The van der Waals surface area contributed by atoms with Crippen molar-refractivity contribution in [2.45, 2.75) is 25.9 Å². The number of aliphatic hydroxyl groups excluding tert-OH is 1. The lowest BCUT2D eigenvalue weighted by molar-refractivity contribution is 0.166. The second-order valence-corrected chi connectivity index (χ2v) is 3.95. The highest BCUT2D eigenvalue weighted by Gasteiger charge is 2.10. The number of benzene rings is 1. The normalized spacial score (nSPS) is 12.5. The fourth-order valence-electron chi connectivity index (χ4n) is 1.58. The molecular formula is C12H17ClO2. The average molecular weight is 229 g/mol. The van der Waals surface area contributed by atoms with Gasteiger partial charge in [0.05, 0.1) is 13.2 Å². The average Bonchev–Trinajstić information content (AvgIpc) is 2.25. The molecule has 1 aromatic carbocycles. The van der Waals surface area contributed by atoms with Crippen molar-refractivity contribution in [3.8, 4) is 5.75 Å². The highest BCUT2D eigenvalue weighted by atomic mass is 35.5. The third-order valence-corrected chi connectivity index (χ3v) is 2.71. The van der Waals surface area contributed by atoms with E-state index in [1.165, 1.54) is 0 Å². The van der Waals surface area contributed by atoms with E-state index in [4.69, 9.17) is 16.3 Å². The minimum Gasteiger partial charge on any atom is -0.497 e. The van der Waals surface area contributed by atoms with Crippen LogP contribution in [0.15, 0.2) is 18.2 Å². The molecule has 1 unspecified atom stereocenters. The van der Waals surface area contributed by atoms with Crippen LogP contribution in [0.4, 0.5) is 0 Å². The fraction of sp³-hybridized carbons (Fsp3) is 0.500. The summed E-state index contributed by atoms with van der Waals surface area (Å²) < 4.78 is 5.11. The lowest BCUT2D eigenvalue weighted by Gasteiger charge is -2.13. The Morgan fingerprint density at radius 2 is 2.20 bits per heavy atom. The molecule has 1 rings (SSSR count). The largest absolute Gasteiger partial charge is 0.497 e. The molecule has 0 radical (unpaired) electrons. The summed E-state index contributed by atoms with van der Waals surface area (Å²) in [6.07, 6.45) is 1.11. The molecule has 0 fully saturated rings. The third kappa shape index (κ3) is 3.40. The van der Waals surface area contributed by atoms with Gasteiger partial charge in [-0.2, -0.15) is 0 Å². The molecule has 3 heteroatoms. The Labute approximate surface area is 95.8 Å². The van der Waals surface area contributed by atoms with Gasteiger partial charge in [-0.05, 0) is 43.0 Å². The van der Waals surface area contributed by atoms with Gasteiger partial charge in [0.1, 0.15) is 5.75 Å². The van der Waals surface area contributed by atoms with Crippen LogP contribution in [0.2, 0.25) is 0 Å². The van der Waals surface area contributed by atoms with Gasteiger partial charge in [-0.25, -0.2) is 0 Å². The maximum Gasteiger partial charge on any atom is 0.119 e. The molecule has 1 atom stereocenters. The predicted octanol–water partition coefficient (Wildman–Crippen LogP) is 3.06. The van der Waals surface area contributed by atoms with E-state index in [9.17, 15) is 5.11 Å². The van der Waals surface area contributed by atoms with Crippen LogP contribution in [0.3, 0.4) is 0 Å². The smallest absolute Gasteiger partial charge is 0.119 e. The quantitative estimate of drug-likeness (QED) is 0.785. The van der Waals surface area contributed by atoms with E-state index in [2.05, 4.69) is 0 Å². The molecule has 84 valence electrons. The van der Waals surface area contributed by atoms with Gasteiger partial charge < -0.3 is 9.84 Å². The third-order valence-electron chi connectivity index (χ3n) is 2.45. The molecule has 0 bridgehead atoms. The topological polar surface area (TPSA) is 29.5 Å². The summed E-state index contributed by atoms with van der Waals surface area (Å²) in [6.45, 7) is 1.97. The number of aryl methyl sites for hydroxylation is 1. The monoisotopic (exact) mass is 228 g/mol. The molecule has 0 saturated heterocycles. The van der Waals surface area contributed by atoms with Crippen molar-refractivity contribution in [2.24, 2.45) is 0 Å². The van der Waals surface area contributed by atoms with Gasteiger partial charge in [-0.3, -0.25) is 0 Å². The molecule has 1 N–H and O–H groups in total. The van der Waals surface area contributed by atoms with Crippen molar-refractivity contribution < 1.29 is 9.84 Å². The molecular weight excluding hydrogens is 212 g/mol. The zero-order valence-electron chi connectivity index (χ0n) is 9.16. The van der Waals surface area contributed by atoms with Crippen LogP contribution in [0.25, 0.3) is 0 Å². The van der Waals surface area contributed by atoms with Crippen molar-refractivity contribution in [3.05, 3.63) is 29.3 Å². The molecule has 0 aromatic heterocycles. The summed E-state index contributed by atoms with van der Waals surface area (Å²) in [6, 6.07) is 5.71. The van der Waals surface area contributed by atoms with Crippen LogP contribution >= 0.6 is 11.6 Å². The second kappa shape index (κ2) is 5.99. The summed E-state index contributed by atoms with van der Waals surface area (Å²) in [7, 11) is 1.64. The zero-order valence-corrected chi connectivity index (χ0v) is 9.92. The van der Waals surface area contributed by atoms with Gasteiger partial charge in [0.15, 0.2) is 0 Å². The van der Waals surface area contributed by atoms with E-state index in [1.54, 1.807) is 7.11 Å². The molecule has 0 heterocycles. The molecule has 15 heavy (non-hydrogen) atoms. The Morgan fingerprint density at radius 3 is 2.73 bits per heavy atom. The number of alkyl halides is 1. The summed E-state index contributed by atoms with van der Waals surface area (Å²) in [4.78, 5) is 0. The minimum atomic E-state index is -0.422. The van der Waals surface area contributed by atoms with Crippen molar-refractivity contribution in [1.29, 1.82) is 0 Å². The number of methoxy groups -OCH3 is 1. The lowest BCUT2D eigenvalue weighted by Crippen LogP contribution is -2.00. The van der Waals surface area contributed by atoms with E-state index >= 15 is 0 Å². The molecule has 0 amide bonds. The summed E-state index contributed by atoms with van der Waals surface area (Å²) in [5.41, 5.74) is 2.01. The Morgan fingerprint density at radius 1 is 1.47 bits per heavy atom. The number of aliphatic hydroxyl groups is 1. The summed E-state index contributed by atoms with van der Waals surface area (Å²) in [5, 5.41) is 9.90. The first kappa shape index (κ1) is 12.3. The molecule has 0 spiro atoms. The Hall–Kier alpha value is -0.730. The second-order valence-electron chi connectivity index (χ2n) is 3.57. The first-order valence-electron chi connectivity index (χ1n) is 5.07. The van der Waals surface area contributed by atoms with Crippen LogP contribution in [-0.4, -0.2) is 18.1 Å². The maximum atomic E-state index is 9.90. The van der Waals surface area contributed by atoms with E-state index in [0.717, 1.165) is 23.3 Å². The van der Waals surface area contributed by atoms with Crippen molar-refractivity contribution >= 4 is 11.6 Å². The van der Waals surface area contributed by atoms with Crippen LogP contribution < -0.4 is 4.74 Å². The van der Waals surface area contributed by atoms with Crippen LogP contribution in [0, 0.1) is 6.92 Å². The Kier molecular flexibility index (Phi) is 4.92. The van der Waals surface area contributed by atoms with Crippen molar-refractivity contribution in [3.63, 3.8) is 0 Å². The predicted molar refractivity (Wildman–Crippen MR) is 62.6 cm³/mol. The SMILES string of the molecule is COc1ccc(C(O)CCCCl)c(C)c1. The summed E-state index contributed by atoms with van der Waals surface area (Å²) in [5.74, 6) is 1.41. The number of hydrogen-bond acceptors (Lipinski definition) is 2. The molecule has 2 nitrogen and oxygen atoms in total. The van der Waals surface area contributed by atoms with E-state index in [1.807, 2.05) is 25.1 Å². The molecule has 1 aromatic rings. The van der Waals surface area contributed by atoms with E-state index in [-0.39, 0.29) is 0 Å². The van der Waals surface area contributed by atoms with Gasteiger partial charge in [0, 0.05) is 5.88 Å². The van der Waals surface area contributed by atoms with Gasteiger partial charge in [-0.15, -0.1) is 11.6 Å². The minimum absolute atomic E-state index is 0.422. The highest BCUT2D eigenvalue weighted by Crippen LogP contribution is 2.25. The van der Waals surface area contributed by atoms with Crippen LogP contribution in [0.1, 0.15) is 30.1 Å². The van der Waals surface area contributed by atoms with Crippen LogP contribution in [0.5, 0.6) is 5.75 Å². The zero-order chi connectivity index (χ0) is 11.3. The van der Waals surface area contributed by atoms with Gasteiger partial charge in [0.2, 0.25) is 0 Å². The highest BCUT2D eigenvalue weighted by molar-refractivity contribution is 6.17. The number of halogens is 1. The lowest BCUT2D eigenvalue weighted by atomic mass is 10.00. The van der Waals surface area contributed by atoms with Crippen molar-refractivity contribution in [2.75, 3.05) is 13.0 Å². The number of ether oxygens (including phenoxy) is 1. The molecule has 0 aliphatic heterocycles. The Bertz CT molecular complexity index is 312. The van der Waals surface area contributed by atoms with Gasteiger partial charge in [-0.1, -0.05) is 6.07 Å². The fourth-order valence-corrected chi connectivity index (χ4v) is 1.73. The maximum absolute atomic E-state index is 9.90. The standard InChI is InChI=1S/C12H17ClO2/c1-9-8-10(15-2)5-6-11(9)12(14)4-3-7-13/h5-6,8,12,14H,3-4,7H2,1-2H3. The van der Waals surface area contributed by atoms with Gasteiger partial charge in [0.25, 0.3) is 0 Å².